The number of hydrogen-bond acceptors (Lipinski definition) is 4. The summed E-state index contributed by atoms with van der Waals surface area (Å²) in [4.78, 5) is 12.6. The van der Waals surface area contributed by atoms with Gasteiger partial charge in [0.2, 0.25) is 0 Å². The smallest absolute Gasteiger partial charge is 0.263 e. The van der Waals surface area contributed by atoms with Crippen LogP contribution in [-0.2, 0) is 4.74 Å². The van der Waals surface area contributed by atoms with E-state index in [1.807, 2.05) is 31.2 Å². The van der Waals surface area contributed by atoms with Gasteiger partial charge in [-0.1, -0.05) is 18.2 Å². The number of rotatable bonds is 4. The van der Waals surface area contributed by atoms with E-state index >= 15 is 0 Å². The fourth-order valence-electron chi connectivity index (χ4n) is 1.63. The molecule has 2 rings (SSSR count). The summed E-state index contributed by atoms with van der Waals surface area (Å²) in [5.74, 6) is -0.141. The summed E-state index contributed by atoms with van der Waals surface area (Å²) < 4.78 is 6.11. The van der Waals surface area contributed by atoms with Crippen molar-refractivity contribution in [1.82, 2.24) is 5.32 Å². The molecule has 0 fully saturated rings. The van der Waals surface area contributed by atoms with Crippen LogP contribution in [0.5, 0.6) is 0 Å². The van der Waals surface area contributed by atoms with E-state index in [0.29, 0.717) is 17.1 Å². The molecule has 1 heterocycles. The maximum absolute atomic E-state index is 12.0. The third-order valence-electron chi connectivity index (χ3n) is 2.79. The molecule has 0 aliphatic heterocycles. The van der Waals surface area contributed by atoms with E-state index in [-0.39, 0.29) is 12.0 Å². The molecule has 18 heavy (non-hydrogen) atoms. The topological polar surface area (TPSA) is 64.3 Å². The quantitative estimate of drug-likeness (QED) is 0.890. The van der Waals surface area contributed by atoms with E-state index in [0.717, 1.165) is 10.1 Å². The van der Waals surface area contributed by atoms with Crippen molar-refractivity contribution >= 4 is 33.0 Å². The van der Waals surface area contributed by atoms with Crippen molar-refractivity contribution in [2.45, 2.75) is 13.0 Å². The molecule has 0 saturated heterocycles. The summed E-state index contributed by atoms with van der Waals surface area (Å²) in [5.41, 5.74) is 6.55. The number of carbonyl (C=O) groups is 1. The lowest BCUT2D eigenvalue weighted by Gasteiger charge is -2.10. The Bertz CT molecular complexity index is 565. The predicted molar refractivity (Wildman–Crippen MR) is 75.0 cm³/mol. The highest BCUT2D eigenvalue weighted by atomic mass is 32.1. The molecule has 2 aromatic rings. The third kappa shape index (κ3) is 2.47. The largest absolute Gasteiger partial charge is 0.397 e. The van der Waals surface area contributed by atoms with Crippen molar-refractivity contribution in [3.05, 3.63) is 29.1 Å². The molecule has 1 atom stereocenters. The van der Waals surface area contributed by atoms with Gasteiger partial charge in [0.1, 0.15) is 4.88 Å². The second kappa shape index (κ2) is 5.37. The van der Waals surface area contributed by atoms with Crippen molar-refractivity contribution in [3.63, 3.8) is 0 Å². The molecule has 1 unspecified atom stereocenters. The highest BCUT2D eigenvalue weighted by Crippen LogP contribution is 2.33. The normalized spacial score (nSPS) is 12.6. The average molecular weight is 264 g/mol. The average Bonchev–Trinajstić information content (AvgIpc) is 2.73. The van der Waals surface area contributed by atoms with Crippen LogP contribution < -0.4 is 11.1 Å². The Balaban J connectivity index is 2.20. The Morgan fingerprint density at radius 2 is 2.22 bits per heavy atom. The number of amides is 1. The van der Waals surface area contributed by atoms with Crippen LogP contribution in [0.15, 0.2) is 24.3 Å². The highest BCUT2D eigenvalue weighted by molar-refractivity contribution is 7.21. The monoisotopic (exact) mass is 264 g/mol. The zero-order valence-electron chi connectivity index (χ0n) is 10.4. The van der Waals surface area contributed by atoms with Crippen LogP contribution in [0.25, 0.3) is 10.1 Å². The van der Waals surface area contributed by atoms with E-state index < -0.39 is 0 Å². The molecule has 0 saturated carbocycles. The predicted octanol–water partition coefficient (Wildman–Crippen LogP) is 2.25. The Kier molecular flexibility index (Phi) is 3.84. The lowest BCUT2D eigenvalue weighted by molar-refractivity contribution is 0.0874. The molecule has 0 aliphatic rings. The Labute approximate surface area is 110 Å². The summed E-state index contributed by atoms with van der Waals surface area (Å²) >= 11 is 1.41. The number of methoxy groups -OCH3 is 1. The lowest BCUT2D eigenvalue weighted by atomic mass is 10.2. The van der Waals surface area contributed by atoms with Crippen LogP contribution in [0.2, 0.25) is 0 Å². The molecule has 4 nitrogen and oxygen atoms in total. The molecule has 1 aromatic carbocycles. The van der Waals surface area contributed by atoms with Gasteiger partial charge in [-0.05, 0) is 13.0 Å². The summed E-state index contributed by atoms with van der Waals surface area (Å²) in [6.45, 7) is 2.37. The SMILES string of the molecule is COC(C)CNC(=O)c1sc2ccccc2c1N. The number of ether oxygens (including phenoxy) is 1. The van der Waals surface area contributed by atoms with Gasteiger partial charge >= 0.3 is 0 Å². The summed E-state index contributed by atoms with van der Waals surface area (Å²) in [7, 11) is 1.62. The van der Waals surface area contributed by atoms with Gasteiger partial charge in [0.05, 0.1) is 11.8 Å². The molecule has 0 aliphatic carbocycles. The third-order valence-corrected chi connectivity index (χ3v) is 3.98. The first kappa shape index (κ1) is 12.9. The number of anilines is 1. The number of nitrogens with one attached hydrogen (secondary N) is 1. The van der Waals surface area contributed by atoms with Gasteiger partial charge in [-0.15, -0.1) is 11.3 Å². The second-order valence-electron chi connectivity index (χ2n) is 4.10. The van der Waals surface area contributed by atoms with E-state index in [2.05, 4.69) is 5.32 Å². The van der Waals surface area contributed by atoms with Gasteiger partial charge in [-0.2, -0.15) is 0 Å². The van der Waals surface area contributed by atoms with Gasteiger partial charge in [0.25, 0.3) is 5.91 Å². The van der Waals surface area contributed by atoms with E-state index in [1.54, 1.807) is 7.11 Å². The standard InChI is InChI=1S/C13H16N2O2S/c1-8(17-2)7-15-13(16)12-11(14)9-5-3-4-6-10(9)18-12/h3-6,8H,7,14H2,1-2H3,(H,15,16). The second-order valence-corrected chi connectivity index (χ2v) is 5.15. The zero-order valence-corrected chi connectivity index (χ0v) is 11.2. The Morgan fingerprint density at radius 3 is 2.89 bits per heavy atom. The molecule has 1 amide bonds. The van der Waals surface area contributed by atoms with Crippen molar-refractivity contribution in [3.8, 4) is 0 Å². The fraction of sp³-hybridized carbons (Fsp3) is 0.308. The first-order valence-corrected chi connectivity index (χ1v) is 6.53. The maximum Gasteiger partial charge on any atom is 0.263 e. The van der Waals surface area contributed by atoms with Crippen molar-refractivity contribution < 1.29 is 9.53 Å². The number of nitrogen functional groups attached to an aromatic ring is 1. The number of hydrogen-bond donors (Lipinski definition) is 2. The van der Waals surface area contributed by atoms with Gasteiger partial charge in [0.15, 0.2) is 0 Å². The highest BCUT2D eigenvalue weighted by Gasteiger charge is 2.16. The molecular formula is C13H16N2O2S. The van der Waals surface area contributed by atoms with Crippen molar-refractivity contribution in [2.75, 3.05) is 19.4 Å². The number of fused-ring (bicyclic) bond motifs is 1. The molecule has 96 valence electrons. The van der Waals surface area contributed by atoms with Crippen molar-refractivity contribution in [2.24, 2.45) is 0 Å². The molecule has 0 bridgehead atoms. The van der Waals surface area contributed by atoms with Gasteiger partial charge in [-0.3, -0.25) is 4.79 Å². The van der Waals surface area contributed by atoms with E-state index in [1.165, 1.54) is 11.3 Å². The van der Waals surface area contributed by atoms with Crippen molar-refractivity contribution in [1.29, 1.82) is 0 Å². The summed E-state index contributed by atoms with van der Waals surface area (Å²) in [6, 6.07) is 7.74. The molecule has 5 heteroatoms. The number of nitrogens with two attached hydrogens (primary N) is 1. The molecular weight excluding hydrogens is 248 g/mol. The minimum absolute atomic E-state index is 0.00967. The lowest BCUT2D eigenvalue weighted by Crippen LogP contribution is -2.31. The van der Waals surface area contributed by atoms with Crippen LogP contribution >= 0.6 is 11.3 Å². The van der Waals surface area contributed by atoms with E-state index in [9.17, 15) is 4.79 Å². The number of thiophene rings is 1. The van der Waals surface area contributed by atoms with Crippen LogP contribution in [0.3, 0.4) is 0 Å². The van der Waals surface area contributed by atoms with Gasteiger partial charge in [0, 0.05) is 23.7 Å². The Morgan fingerprint density at radius 1 is 1.50 bits per heavy atom. The van der Waals surface area contributed by atoms with Crippen LogP contribution in [0, 0.1) is 0 Å². The fourth-order valence-corrected chi connectivity index (χ4v) is 2.67. The first-order chi connectivity index (χ1) is 8.63. The number of carbonyl (C=O) groups excluding carboxylic acids is 1. The molecule has 1 aromatic heterocycles. The van der Waals surface area contributed by atoms with Gasteiger partial charge < -0.3 is 15.8 Å². The number of benzene rings is 1. The molecule has 3 N–H and O–H groups in total. The maximum atomic E-state index is 12.0. The van der Waals surface area contributed by atoms with Gasteiger partial charge in [-0.25, -0.2) is 0 Å². The minimum atomic E-state index is -0.141. The molecule has 0 spiro atoms. The van der Waals surface area contributed by atoms with Crippen LogP contribution in [0.1, 0.15) is 16.6 Å². The van der Waals surface area contributed by atoms with Crippen LogP contribution in [0.4, 0.5) is 5.69 Å². The van der Waals surface area contributed by atoms with E-state index in [4.69, 9.17) is 10.5 Å². The first-order valence-electron chi connectivity index (χ1n) is 5.71. The zero-order chi connectivity index (χ0) is 13.1. The minimum Gasteiger partial charge on any atom is -0.397 e. The van der Waals surface area contributed by atoms with Crippen LogP contribution in [-0.4, -0.2) is 25.7 Å². The summed E-state index contributed by atoms with van der Waals surface area (Å²) in [5, 5.41) is 3.76. The molecule has 0 radical (unpaired) electrons. The summed E-state index contributed by atoms with van der Waals surface area (Å²) in [6.07, 6.45) is -0.00967. The Hall–Kier alpha value is -1.59.